The van der Waals surface area contributed by atoms with Gasteiger partial charge in [-0.3, -0.25) is 9.59 Å². The summed E-state index contributed by atoms with van der Waals surface area (Å²) in [5, 5.41) is 39.2. The molecule has 0 spiro atoms. The van der Waals surface area contributed by atoms with Crippen molar-refractivity contribution >= 4 is 29.7 Å². The molecular formula is C20H33N3O8S. The lowest BCUT2D eigenvalue weighted by Gasteiger charge is -2.40. The molecule has 0 radical (unpaired) electrons. The highest BCUT2D eigenvalue weighted by Gasteiger charge is 2.45. The molecule has 8 atom stereocenters. The summed E-state index contributed by atoms with van der Waals surface area (Å²) in [4.78, 5) is 35.2. The van der Waals surface area contributed by atoms with Gasteiger partial charge in [0, 0.05) is 23.8 Å². The van der Waals surface area contributed by atoms with Crippen LogP contribution in [0.2, 0.25) is 0 Å². The van der Waals surface area contributed by atoms with Crippen LogP contribution in [0.25, 0.3) is 0 Å². The zero-order chi connectivity index (χ0) is 23.3. The monoisotopic (exact) mass is 475 g/mol. The van der Waals surface area contributed by atoms with Gasteiger partial charge in [-0.25, -0.2) is 4.79 Å². The Morgan fingerprint density at radius 3 is 2.72 bits per heavy atom. The molecule has 3 aliphatic heterocycles. The number of carbonyl (C=O) groups is 3. The number of rotatable bonds is 10. The van der Waals surface area contributed by atoms with Gasteiger partial charge in [-0.1, -0.05) is 13.3 Å². The number of hydrogen-bond acceptors (Lipinski definition) is 9. The Kier molecular flexibility index (Phi) is 9.00. The van der Waals surface area contributed by atoms with Crippen LogP contribution in [0.4, 0.5) is 4.79 Å². The zero-order valence-electron chi connectivity index (χ0n) is 18.1. The van der Waals surface area contributed by atoms with Crippen LogP contribution in [0.3, 0.4) is 0 Å². The molecule has 0 aliphatic carbocycles. The number of amides is 3. The molecule has 6 N–H and O–H groups in total. The summed E-state index contributed by atoms with van der Waals surface area (Å²) in [6.45, 7) is 1.50. The van der Waals surface area contributed by atoms with Gasteiger partial charge in [0.1, 0.15) is 31.0 Å². The second kappa shape index (κ2) is 11.5. The number of carbonyl (C=O) groups excluding carboxylic acids is 3. The summed E-state index contributed by atoms with van der Waals surface area (Å²) in [6, 6.07) is -0.970. The van der Waals surface area contributed by atoms with Crippen molar-refractivity contribution in [2.24, 2.45) is 0 Å². The number of ether oxygens (including phenoxy) is 2. The first-order chi connectivity index (χ1) is 15.3. The summed E-state index contributed by atoms with van der Waals surface area (Å²) in [6.07, 6.45) is -2.19. The van der Waals surface area contributed by atoms with E-state index in [0.717, 1.165) is 18.6 Å². The Labute approximate surface area is 191 Å². The van der Waals surface area contributed by atoms with Crippen molar-refractivity contribution in [2.45, 2.75) is 93.4 Å². The normalized spacial score (nSPS) is 36.2. The minimum atomic E-state index is -1.53. The van der Waals surface area contributed by atoms with Crippen LogP contribution in [0, 0.1) is 0 Å². The van der Waals surface area contributed by atoms with Gasteiger partial charge in [0.15, 0.2) is 6.29 Å². The zero-order valence-corrected chi connectivity index (χ0v) is 18.9. The number of urea groups is 1. The summed E-state index contributed by atoms with van der Waals surface area (Å²) in [7, 11) is 0. The van der Waals surface area contributed by atoms with E-state index >= 15 is 0 Å². The molecule has 0 aromatic heterocycles. The van der Waals surface area contributed by atoms with E-state index in [9.17, 15) is 29.7 Å². The summed E-state index contributed by atoms with van der Waals surface area (Å²) in [5.74, 6) is 0.0611. The quantitative estimate of drug-likeness (QED) is 0.132. The van der Waals surface area contributed by atoms with Gasteiger partial charge < -0.3 is 40.7 Å². The Hall–Kier alpha value is -1.60. The fourth-order valence-corrected chi connectivity index (χ4v) is 5.77. The molecule has 32 heavy (non-hydrogen) atoms. The van der Waals surface area contributed by atoms with Gasteiger partial charge in [-0.2, -0.15) is 11.8 Å². The molecule has 0 aromatic carbocycles. The second-order valence-corrected chi connectivity index (χ2v) is 9.71. The summed E-state index contributed by atoms with van der Waals surface area (Å²) < 4.78 is 10.4. The summed E-state index contributed by atoms with van der Waals surface area (Å²) in [5.41, 5.74) is 0. The van der Waals surface area contributed by atoms with Crippen LogP contribution >= 0.6 is 11.8 Å². The van der Waals surface area contributed by atoms with Crippen LogP contribution < -0.4 is 16.0 Å². The molecule has 3 amide bonds. The standard InChI is InChI=1S/C20H33N3O8S/c1-2-5-13(24)22-16-18(27)17(26)11(31-19(16)28)8-30-14(25)7-4-3-6-12-15-10(9-32-12)21-20(29)23-15/h10-12,15-19,26-28H,2-9H2,1H3,(H,22,24)(H2,21,23,29)/t10-,11+,12-,15-,16+,17+,18+,19?/m0/s1. The fraction of sp³-hybridized carbons (Fsp3) is 0.850. The molecule has 3 aliphatic rings. The molecular weight excluding hydrogens is 442 g/mol. The third-order valence-corrected chi connectivity index (χ3v) is 7.50. The summed E-state index contributed by atoms with van der Waals surface area (Å²) >= 11 is 1.82. The minimum absolute atomic E-state index is 0.120. The highest BCUT2D eigenvalue weighted by atomic mass is 32.2. The van der Waals surface area contributed by atoms with E-state index in [1.54, 1.807) is 0 Å². The molecule has 0 aromatic rings. The van der Waals surface area contributed by atoms with E-state index in [1.807, 2.05) is 18.7 Å². The van der Waals surface area contributed by atoms with Gasteiger partial charge in [0.2, 0.25) is 5.91 Å². The highest BCUT2D eigenvalue weighted by Crippen LogP contribution is 2.33. The molecule has 12 heteroatoms. The molecule has 11 nitrogen and oxygen atoms in total. The third-order valence-electron chi connectivity index (χ3n) is 5.99. The second-order valence-electron chi connectivity index (χ2n) is 8.44. The van der Waals surface area contributed by atoms with E-state index in [1.165, 1.54) is 0 Å². The smallest absolute Gasteiger partial charge is 0.315 e. The van der Waals surface area contributed by atoms with Crippen LogP contribution in [-0.4, -0.2) is 93.6 Å². The maximum atomic E-state index is 12.0. The van der Waals surface area contributed by atoms with Crippen molar-refractivity contribution in [3.63, 3.8) is 0 Å². The third kappa shape index (κ3) is 6.25. The average molecular weight is 476 g/mol. The molecule has 1 unspecified atom stereocenters. The number of hydrogen-bond donors (Lipinski definition) is 6. The van der Waals surface area contributed by atoms with Crippen molar-refractivity contribution in [3.8, 4) is 0 Å². The molecule has 3 heterocycles. The molecule has 3 rings (SSSR count). The highest BCUT2D eigenvalue weighted by molar-refractivity contribution is 8.00. The molecule has 0 saturated carbocycles. The Morgan fingerprint density at radius 1 is 1.19 bits per heavy atom. The number of aliphatic hydroxyl groups is 3. The fourth-order valence-electron chi connectivity index (χ4n) is 4.23. The van der Waals surface area contributed by atoms with Crippen molar-refractivity contribution in [1.29, 1.82) is 0 Å². The minimum Gasteiger partial charge on any atom is -0.463 e. The number of nitrogens with one attached hydrogen (secondary N) is 3. The Balaban J connectivity index is 1.33. The van der Waals surface area contributed by atoms with E-state index in [4.69, 9.17) is 9.47 Å². The van der Waals surface area contributed by atoms with E-state index in [2.05, 4.69) is 16.0 Å². The number of aliphatic hydroxyl groups excluding tert-OH is 3. The first kappa shape index (κ1) is 25.0. The lowest BCUT2D eigenvalue weighted by molar-refractivity contribution is -0.255. The van der Waals surface area contributed by atoms with Crippen LogP contribution in [0.15, 0.2) is 0 Å². The van der Waals surface area contributed by atoms with E-state index in [-0.39, 0.29) is 43.5 Å². The predicted molar refractivity (Wildman–Crippen MR) is 115 cm³/mol. The van der Waals surface area contributed by atoms with Crippen LogP contribution in [0.5, 0.6) is 0 Å². The van der Waals surface area contributed by atoms with Gasteiger partial charge in [0.05, 0.1) is 12.1 Å². The largest absolute Gasteiger partial charge is 0.463 e. The van der Waals surface area contributed by atoms with Gasteiger partial charge in [-0.15, -0.1) is 0 Å². The van der Waals surface area contributed by atoms with Gasteiger partial charge >= 0.3 is 12.0 Å². The average Bonchev–Trinajstić information content (AvgIpc) is 3.29. The molecule has 3 fully saturated rings. The number of esters is 1. The SMILES string of the molecule is CCCC(=O)N[C@H]1C(O)O[C@H](COC(=O)CCCC[C@@H]2SC[C@@H]3NC(=O)N[C@@H]32)[C@@H](O)[C@@H]1O. The van der Waals surface area contributed by atoms with Gasteiger partial charge in [0.25, 0.3) is 0 Å². The van der Waals surface area contributed by atoms with Crippen LogP contribution in [0.1, 0.15) is 45.4 Å². The molecule has 0 bridgehead atoms. The van der Waals surface area contributed by atoms with Crippen molar-refractivity contribution < 1.29 is 39.2 Å². The lowest BCUT2D eigenvalue weighted by Crippen LogP contribution is -2.64. The molecule has 182 valence electrons. The van der Waals surface area contributed by atoms with Gasteiger partial charge in [-0.05, 0) is 19.3 Å². The van der Waals surface area contributed by atoms with Crippen molar-refractivity contribution in [2.75, 3.05) is 12.4 Å². The van der Waals surface area contributed by atoms with E-state index in [0.29, 0.717) is 18.1 Å². The maximum absolute atomic E-state index is 12.0. The maximum Gasteiger partial charge on any atom is 0.315 e. The molecule has 3 saturated heterocycles. The lowest BCUT2D eigenvalue weighted by atomic mass is 9.97. The predicted octanol–water partition coefficient (Wildman–Crippen LogP) is -1.02. The first-order valence-corrected chi connectivity index (χ1v) is 12.2. The Morgan fingerprint density at radius 2 is 1.97 bits per heavy atom. The topological polar surface area (TPSA) is 166 Å². The Bertz CT molecular complexity index is 683. The number of unbranched alkanes of at least 4 members (excludes halogenated alkanes) is 1. The van der Waals surface area contributed by atoms with Crippen molar-refractivity contribution in [3.05, 3.63) is 0 Å². The van der Waals surface area contributed by atoms with Crippen molar-refractivity contribution in [1.82, 2.24) is 16.0 Å². The number of thioether (sulfide) groups is 1. The number of fused-ring (bicyclic) bond motifs is 1. The first-order valence-electron chi connectivity index (χ1n) is 11.1. The van der Waals surface area contributed by atoms with Crippen LogP contribution in [-0.2, 0) is 19.1 Å². The van der Waals surface area contributed by atoms with E-state index < -0.39 is 36.6 Å².